The zero-order valence-corrected chi connectivity index (χ0v) is 14.9. The van der Waals surface area contributed by atoms with Crippen LogP contribution in [0.1, 0.15) is 21.3 Å². The van der Waals surface area contributed by atoms with Gasteiger partial charge in [-0.3, -0.25) is 9.69 Å². The highest BCUT2D eigenvalue weighted by molar-refractivity contribution is 7.10. The van der Waals surface area contributed by atoms with Gasteiger partial charge < -0.3 is 14.8 Å². The van der Waals surface area contributed by atoms with E-state index in [0.29, 0.717) is 19.8 Å². The largest absolute Gasteiger partial charge is 0.434 e. The van der Waals surface area contributed by atoms with Crippen molar-refractivity contribution in [2.45, 2.75) is 12.7 Å². The minimum Gasteiger partial charge on any atom is -0.434 e. The molecule has 1 N–H and O–H groups in total. The van der Waals surface area contributed by atoms with E-state index in [0.717, 1.165) is 18.0 Å². The van der Waals surface area contributed by atoms with Crippen molar-refractivity contribution >= 4 is 17.2 Å². The van der Waals surface area contributed by atoms with Crippen LogP contribution in [0.5, 0.6) is 5.75 Å². The van der Waals surface area contributed by atoms with E-state index >= 15 is 0 Å². The second-order valence-corrected chi connectivity index (χ2v) is 6.74. The first-order valence-corrected chi connectivity index (χ1v) is 9.20. The summed E-state index contributed by atoms with van der Waals surface area (Å²) in [5.74, 6) is -0.560. The van der Waals surface area contributed by atoms with Gasteiger partial charge in [-0.1, -0.05) is 18.2 Å². The maximum Gasteiger partial charge on any atom is 0.387 e. The van der Waals surface area contributed by atoms with Crippen molar-refractivity contribution in [2.75, 3.05) is 32.8 Å². The van der Waals surface area contributed by atoms with Crippen LogP contribution in [0, 0.1) is 0 Å². The van der Waals surface area contributed by atoms with Crippen molar-refractivity contribution in [3.63, 3.8) is 0 Å². The summed E-state index contributed by atoms with van der Waals surface area (Å²) in [7, 11) is 0. The molecule has 0 aliphatic carbocycles. The molecule has 1 aliphatic heterocycles. The smallest absolute Gasteiger partial charge is 0.387 e. The van der Waals surface area contributed by atoms with Gasteiger partial charge in [0.1, 0.15) is 5.75 Å². The molecular weight excluding hydrogens is 362 g/mol. The summed E-state index contributed by atoms with van der Waals surface area (Å²) in [6.07, 6.45) is 0. The summed E-state index contributed by atoms with van der Waals surface area (Å²) in [6, 6.07) is 10.0. The van der Waals surface area contributed by atoms with Gasteiger partial charge in [0.15, 0.2) is 0 Å². The van der Waals surface area contributed by atoms with Crippen molar-refractivity contribution in [1.29, 1.82) is 0 Å². The fraction of sp³-hybridized carbons (Fsp3) is 0.389. The number of ether oxygens (including phenoxy) is 2. The number of rotatable bonds is 7. The Morgan fingerprint density at radius 1 is 1.23 bits per heavy atom. The van der Waals surface area contributed by atoms with Gasteiger partial charge >= 0.3 is 6.61 Å². The third-order valence-corrected chi connectivity index (χ3v) is 5.14. The standard InChI is InChI=1S/C18H20F2N2O3S/c19-18(20)25-15-5-2-1-4-13(15)17(23)21-12-14(16-6-3-11-26-16)22-7-9-24-10-8-22/h1-6,11,14,18H,7-10,12H2,(H,21,23). The molecule has 1 aromatic carbocycles. The summed E-state index contributed by atoms with van der Waals surface area (Å²) in [5, 5.41) is 4.86. The lowest BCUT2D eigenvalue weighted by Gasteiger charge is -2.34. The van der Waals surface area contributed by atoms with Crippen LogP contribution < -0.4 is 10.1 Å². The number of halogens is 2. The van der Waals surface area contributed by atoms with E-state index in [1.807, 2.05) is 17.5 Å². The molecule has 2 aromatic rings. The predicted octanol–water partition coefficient (Wildman–Crippen LogP) is 3.15. The number of amides is 1. The van der Waals surface area contributed by atoms with Crippen LogP contribution in [-0.2, 0) is 4.74 Å². The lowest BCUT2D eigenvalue weighted by atomic mass is 10.1. The first-order valence-electron chi connectivity index (χ1n) is 8.32. The van der Waals surface area contributed by atoms with Gasteiger partial charge in [-0.25, -0.2) is 0 Å². The Bertz CT molecular complexity index is 706. The van der Waals surface area contributed by atoms with Gasteiger partial charge in [0.25, 0.3) is 5.91 Å². The number of nitrogens with zero attached hydrogens (tertiary/aromatic N) is 1. The van der Waals surface area contributed by atoms with E-state index in [1.165, 1.54) is 12.1 Å². The molecule has 5 nitrogen and oxygen atoms in total. The summed E-state index contributed by atoms with van der Waals surface area (Å²) in [6.45, 7) is 0.271. The molecule has 1 fully saturated rings. The van der Waals surface area contributed by atoms with Gasteiger partial charge in [0, 0.05) is 24.5 Å². The highest BCUT2D eigenvalue weighted by Crippen LogP contribution is 2.26. The maximum absolute atomic E-state index is 12.5. The predicted molar refractivity (Wildman–Crippen MR) is 94.9 cm³/mol. The molecule has 0 bridgehead atoms. The lowest BCUT2D eigenvalue weighted by molar-refractivity contribution is -0.0501. The molecule has 0 spiro atoms. The first-order chi connectivity index (χ1) is 12.6. The highest BCUT2D eigenvalue weighted by atomic mass is 32.1. The zero-order chi connectivity index (χ0) is 18.4. The SMILES string of the molecule is O=C(NCC(c1cccs1)N1CCOCC1)c1ccccc1OC(F)F. The Balaban J connectivity index is 1.70. The van der Waals surface area contributed by atoms with E-state index < -0.39 is 12.5 Å². The number of hydrogen-bond donors (Lipinski definition) is 1. The zero-order valence-electron chi connectivity index (χ0n) is 14.1. The number of benzene rings is 1. The summed E-state index contributed by atoms with van der Waals surface area (Å²) < 4.78 is 34.9. The van der Waals surface area contributed by atoms with Crippen LogP contribution in [0.3, 0.4) is 0 Å². The average Bonchev–Trinajstić information content (AvgIpc) is 3.17. The molecule has 2 heterocycles. The van der Waals surface area contributed by atoms with E-state index in [9.17, 15) is 13.6 Å². The number of nitrogens with one attached hydrogen (secondary N) is 1. The van der Waals surface area contributed by atoms with Crippen molar-refractivity contribution in [1.82, 2.24) is 10.2 Å². The van der Waals surface area contributed by atoms with E-state index in [-0.39, 0.29) is 17.4 Å². The summed E-state index contributed by atoms with van der Waals surface area (Å²) in [5.41, 5.74) is 0.0970. The molecule has 1 unspecified atom stereocenters. The second-order valence-electron chi connectivity index (χ2n) is 5.76. The third-order valence-electron chi connectivity index (χ3n) is 4.16. The Hall–Kier alpha value is -2.03. The van der Waals surface area contributed by atoms with E-state index in [4.69, 9.17) is 4.74 Å². The maximum atomic E-state index is 12.5. The van der Waals surface area contributed by atoms with Gasteiger partial charge in [0.2, 0.25) is 0 Å². The Labute approximate surface area is 154 Å². The van der Waals surface area contributed by atoms with Crippen LogP contribution in [0.25, 0.3) is 0 Å². The normalized spacial score (nSPS) is 16.4. The Morgan fingerprint density at radius 3 is 2.69 bits per heavy atom. The van der Waals surface area contributed by atoms with Crippen LogP contribution in [-0.4, -0.2) is 50.3 Å². The number of alkyl halides is 2. The number of thiophene rings is 1. The van der Waals surface area contributed by atoms with Crippen LogP contribution >= 0.6 is 11.3 Å². The van der Waals surface area contributed by atoms with Crippen LogP contribution in [0.15, 0.2) is 41.8 Å². The molecule has 8 heteroatoms. The number of carbonyl (C=O) groups is 1. The van der Waals surface area contributed by atoms with E-state index in [2.05, 4.69) is 15.0 Å². The molecule has 1 aromatic heterocycles. The van der Waals surface area contributed by atoms with Crippen LogP contribution in [0.2, 0.25) is 0 Å². The monoisotopic (exact) mass is 382 g/mol. The lowest BCUT2D eigenvalue weighted by Crippen LogP contribution is -2.43. The number of carbonyl (C=O) groups excluding carboxylic acids is 1. The number of para-hydroxylation sites is 1. The first kappa shape index (κ1) is 18.8. The fourth-order valence-corrected chi connectivity index (χ4v) is 3.78. The number of morpholine rings is 1. The molecule has 1 aliphatic rings. The summed E-state index contributed by atoms with van der Waals surface area (Å²) in [4.78, 5) is 15.9. The van der Waals surface area contributed by atoms with Crippen molar-refractivity contribution in [3.05, 3.63) is 52.2 Å². The highest BCUT2D eigenvalue weighted by Gasteiger charge is 2.24. The van der Waals surface area contributed by atoms with E-state index in [1.54, 1.807) is 23.5 Å². The van der Waals surface area contributed by atoms with Gasteiger partial charge in [-0.15, -0.1) is 11.3 Å². The van der Waals surface area contributed by atoms with Gasteiger partial charge in [-0.05, 0) is 23.6 Å². The molecule has 3 rings (SSSR count). The Morgan fingerprint density at radius 2 is 2.00 bits per heavy atom. The molecule has 26 heavy (non-hydrogen) atoms. The fourth-order valence-electron chi connectivity index (χ4n) is 2.92. The minimum atomic E-state index is -2.98. The molecular formula is C18H20F2N2O3S. The average molecular weight is 382 g/mol. The molecule has 0 saturated carbocycles. The molecule has 1 amide bonds. The topological polar surface area (TPSA) is 50.8 Å². The van der Waals surface area contributed by atoms with Crippen LogP contribution in [0.4, 0.5) is 8.78 Å². The molecule has 1 atom stereocenters. The van der Waals surface area contributed by atoms with Gasteiger partial charge in [-0.2, -0.15) is 8.78 Å². The second kappa shape index (κ2) is 9.07. The van der Waals surface area contributed by atoms with Crippen molar-refractivity contribution < 1.29 is 23.0 Å². The molecule has 140 valence electrons. The third kappa shape index (κ3) is 4.78. The molecule has 1 saturated heterocycles. The number of hydrogen-bond acceptors (Lipinski definition) is 5. The van der Waals surface area contributed by atoms with Crippen molar-refractivity contribution in [2.24, 2.45) is 0 Å². The Kier molecular flexibility index (Phi) is 6.54. The van der Waals surface area contributed by atoms with Crippen molar-refractivity contribution in [3.8, 4) is 5.75 Å². The summed E-state index contributed by atoms with van der Waals surface area (Å²) >= 11 is 1.63. The quantitative estimate of drug-likeness (QED) is 0.799. The minimum absolute atomic E-state index is 0.0195. The molecule has 0 radical (unpaired) electrons. The van der Waals surface area contributed by atoms with Gasteiger partial charge in [0.05, 0.1) is 24.8 Å².